The summed E-state index contributed by atoms with van der Waals surface area (Å²) < 4.78 is 0. The molecule has 0 fully saturated rings. The van der Waals surface area contributed by atoms with Crippen LogP contribution < -0.4 is 4.89 Å². The van der Waals surface area contributed by atoms with Crippen molar-refractivity contribution < 1.29 is 29.1 Å². The predicted molar refractivity (Wildman–Crippen MR) is 85.3 cm³/mol. The molecule has 126 valence electrons. The van der Waals surface area contributed by atoms with E-state index >= 15 is 0 Å². The first-order chi connectivity index (χ1) is 11.4. The van der Waals surface area contributed by atoms with Crippen LogP contribution in [0.5, 0.6) is 5.75 Å². The number of ketones is 1. The van der Waals surface area contributed by atoms with E-state index in [9.17, 15) is 9.59 Å². The summed E-state index contributed by atoms with van der Waals surface area (Å²) in [6, 6.07) is 15.1. The van der Waals surface area contributed by atoms with Gasteiger partial charge in [0.1, 0.15) is 5.60 Å². The van der Waals surface area contributed by atoms with Gasteiger partial charge in [-0.15, -0.1) is 0 Å². The average molecular weight is 330 g/mol. The van der Waals surface area contributed by atoms with Crippen molar-refractivity contribution in [1.29, 1.82) is 0 Å². The molecule has 0 saturated heterocycles. The third kappa shape index (κ3) is 5.10. The van der Waals surface area contributed by atoms with Gasteiger partial charge >= 0.3 is 6.16 Å². The topological polar surface area (TPSA) is 71.1 Å². The van der Waals surface area contributed by atoms with Crippen LogP contribution in [-0.4, -0.2) is 17.5 Å². The van der Waals surface area contributed by atoms with Crippen LogP contribution in [0.3, 0.4) is 0 Å². The number of carbonyl (C=O) groups excluding carboxylic acids is 2. The Kier molecular flexibility index (Phi) is 5.55. The second-order valence-electron chi connectivity index (χ2n) is 5.89. The maximum Gasteiger partial charge on any atom is 0.582 e. The third-order valence-corrected chi connectivity index (χ3v) is 2.73. The highest BCUT2D eigenvalue weighted by molar-refractivity contribution is 6.10. The molecular formula is C18H18O6. The summed E-state index contributed by atoms with van der Waals surface area (Å²) in [6.45, 7) is 5.11. The molecule has 0 unspecified atom stereocenters. The monoisotopic (exact) mass is 330 g/mol. The summed E-state index contributed by atoms with van der Waals surface area (Å²) in [5.74, 6) is -0.159. The van der Waals surface area contributed by atoms with Gasteiger partial charge in [0.05, 0.1) is 5.56 Å². The van der Waals surface area contributed by atoms with E-state index in [2.05, 4.69) is 9.78 Å². The normalized spacial score (nSPS) is 10.8. The van der Waals surface area contributed by atoms with Gasteiger partial charge in [-0.05, 0) is 32.9 Å². The van der Waals surface area contributed by atoms with Crippen LogP contribution in [0.1, 0.15) is 36.7 Å². The van der Waals surface area contributed by atoms with Gasteiger partial charge in [0, 0.05) is 5.56 Å². The molecule has 0 aliphatic rings. The van der Waals surface area contributed by atoms with Gasteiger partial charge in [-0.1, -0.05) is 42.5 Å². The molecule has 0 bridgehead atoms. The molecule has 2 aromatic carbocycles. The minimum Gasteiger partial charge on any atom is -0.288 e. The van der Waals surface area contributed by atoms with Crippen LogP contribution in [-0.2, 0) is 14.7 Å². The fourth-order valence-corrected chi connectivity index (χ4v) is 1.72. The summed E-state index contributed by atoms with van der Waals surface area (Å²) in [4.78, 5) is 42.6. The molecule has 0 aliphatic heterocycles. The molecule has 0 N–H and O–H groups in total. The lowest BCUT2D eigenvalue weighted by Gasteiger charge is -2.15. The van der Waals surface area contributed by atoms with Crippen LogP contribution in [0.2, 0.25) is 0 Å². The van der Waals surface area contributed by atoms with Crippen LogP contribution >= 0.6 is 0 Å². The van der Waals surface area contributed by atoms with Gasteiger partial charge in [0.2, 0.25) is 0 Å². The Morgan fingerprint density at radius 3 is 2.12 bits per heavy atom. The second-order valence-corrected chi connectivity index (χ2v) is 5.89. The summed E-state index contributed by atoms with van der Waals surface area (Å²) >= 11 is 0. The van der Waals surface area contributed by atoms with E-state index < -0.39 is 11.8 Å². The van der Waals surface area contributed by atoms with E-state index in [-0.39, 0.29) is 17.1 Å². The van der Waals surface area contributed by atoms with Crippen molar-refractivity contribution in [2.75, 3.05) is 0 Å². The number of benzene rings is 2. The van der Waals surface area contributed by atoms with Crippen molar-refractivity contribution in [2.24, 2.45) is 0 Å². The molecule has 2 aromatic rings. The number of para-hydroxylation sites is 1. The van der Waals surface area contributed by atoms with Crippen molar-refractivity contribution in [1.82, 2.24) is 0 Å². The van der Waals surface area contributed by atoms with Crippen molar-refractivity contribution in [3.05, 3.63) is 65.7 Å². The van der Waals surface area contributed by atoms with E-state index in [0.717, 1.165) is 0 Å². The summed E-state index contributed by atoms with van der Waals surface area (Å²) in [5.41, 5.74) is 0.0700. The predicted octanol–water partition coefficient (Wildman–Crippen LogP) is 4.09. The molecule has 2 rings (SSSR count). The first-order valence-electron chi connectivity index (χ1n) is 7.30. The van der Waals surface area contributed by atoms with Crippen molar-refractivity contribution in [3.8, 4) is 5.75 Å². The molecule has 0 aliphatic carbocycles. The lowest BCUT2D eigenvalue weighted by Crippen LogP contribution is -2.23. The van der Waals surface area contributed by atoms with E-state index in [0.29, 0.717) is 5.56 Å². The van der Waals surface area contributed by atoms with Gasteiger partial charge in [-0.2, -0.15) is 9.68 Å². The Morgan fingerprint density at radius 2 is 1.46 bits per heavy atom. The van der Waals surface area contributed by atoms with E-state index in [1.165, 1.54) is 6.07 Å². The zero-order valence-corrected chi connectivity index (χ0v) is 13.6. The molecule has 0 radical (unpaired) electrons. The van der Waals surface area contributed by atoms with Gasteiger partial charge in [0.15, 0.2) is 11.5 Å². The molecule has 0 saturated carbocycles. The molecule has 0 atom stereocenters. The van der Waals surface area contributed by atoms with Gasteiger partial charge in [0.25, 0.3) is 0 Å². The standard InChI is InChI=1S/C18H18O6/c1-18(2,3)24-23-17(20)22-21-15-12-8-7-11-14(15)16(19)13-9-5-4-6-10-13/h4-12H,1-3H3. The Morgan fingerprint density at radius 1 is 0.833 bits per heavy atom. The number of hydrogen-bond acceptors (Lipinski definition) is 6. The first kappa shape index (κ1) is 17.5. The minimum atomic E-state index is -1.17. The lowest BCUT2D eigenvalue weighted by molar-refractivity contribution is -0.332. The largest absolute Gasteiger partial charge is 0.582 e. The quantitative estimate of drug-likeness (QED) is 0.467. The summed E-state index contributed by atoms with van der Waals surface area (Å²) in [7, 11) is 0. The molecule has 24 heavy (non-hydrogen) atoms. The summed E-state index contributed by atoms with van der Waals surface area (Å²) in [5, 5.41) is 0. The van der Waals surface area contributed by atoms with Crippen molar-refractivity contribution in [3.63, 3.8) is 0 Å². The Bertz CT molecular complexity index is 703. The molecular weight excluding hydrogens is 312 g/mol. The molecule has 6 nitrogen and oxygen atoms in total. The maximum absolute atomic E-state index is 12.5. The molecule has 0 heterocycles. The molecule has 0 spiro atoms. The van der Waals surface area contributed by atoms with Crippen molar-refractivity contribution in [2.45, 2.75) is 26.4 Å². The van der Waals surface area contributed by atoms with Crippen molar-refractivity contribution >= 4 is 11.9 Å². The first-order valence-corrected chi connectivity index (χ1v) is 7.30. The number of hydrogen-bond donors (Lipinski definition) is 0. The lowest BCUT2D eigenvalue weighted by atomic mass is 10.0. The fourth-order valence-electron chi connectivity index (χ4n) is 1.72. The highest BCUT2D eigenvalue weighted by atomic mass is 17.3. The second kappa shape index (κ2) is 7.61. The Balaban J connectivity index is 2.04. The minimum absolute atomic E-state index is 0.0964. The SMILES string of the molecule is CC(C)(C)OOC(=O)OOc1ccccc1C(=O)c1ccccc1. The average Bonchev–Trinajstić information content (AvgIpc) is 2.58. The Labute approximate surface area is 139 Å². The van der Waals surface area contributed by atoms with Crippen LogP contribution in [0.4, 0.5) is 4.79 Å². The van der Waals surface area contributed by atoms with Gasteiger partial charge in [-0.3, -0.25) is 14.6 Å². The third-order valence-electron chi connectivity index (χ3n) is 2.73. The van der Waals surface area contributed by atoms with E-state index in [1.807, 2.05) is 6.07 Å². The van der Waals surface area contributed by atoms with Gasteiger partial charge < -0.3 is 0 Å². The zero-order chi connectivity index (χ0) is 17.6. The molecule has 6 heteroatoms. The van der Waals surface area contributed by atoms with Gasteiger partial charge in [-0.25, -0.2) is 4.89 Å². The highest BCUT2D eigenvalue weighted by Crippen LogP contribution is 2.22. The molecule has 0 amide bonds. The maximum atomic E-state index is 12.5. The Hall–Kier alpha value is -2.86. The van der Waals surface area contributed by atoms with Crippen LogP contribution in [0.25, 0.3) is 0 Å². The fraction of sp³-hybridized carbons (Fsp3) is 0.222. The van der Waals surface area contributed by atoms with E-state index in [4.69, 9.17) is 9.78 Å². The highest BCUT2D eigenvalue weighted by Gasteiger charge is 2.19. The number of carbonyl (C=O) groups is 2. The molecule has 0 aromatic heterocycles. The smallest absolute Gasteiger partial charge is 0.288 e. The number of rotatable bonds is 5. The zero-order valence-electron chi connectivity index (χ0n) is 13.6. The van der Waals surface area contributed by atoms with E-state index in [1.54, 1.807) is 63.2 Å². The van der Waals surface area contributed by atoms with Crippen LogP contribution in [0.15, 0.2) is 54.6 Å². The van der Waals surface area contributed by atoms with Crippen LogP contribution in [0, 0.1) is 0 Å². The summed E-state index contributed by atoms with van der Waals surface area (Å²) in [6.07, 6.45) is -1.17.